The van der Waals surface area contributed by atoms with Crippen LogP contribution in [0.4, 0.5) is 0 Å². The van der Waals surface area contributed by atoms with Gasteiger partial charge in [0.15, 0.2) is 0 Å². The highest BCUT2D eigenvalue weighted by molar-refractivity contribution is 7.89. The van der Waals surface area contributed by atoms with Crippen LogP contribution >= 0.6 is 0 Å². The lowest BCUT2D eigenvalue weighted by Crippen LogP contribution is -2.47. The molecule has 0 bridgehead atoms. The minimum atomic E-state index is -3.62. The summed E-state index contributed by atoms with van der Waals surface area (Å²) in [4.78, 5) is 14.7. The first-order valence-corrected chi connectivity index (χ1v) is 9.92. The summed E-state index contributed by atoms with van der Waals surface area (Å²) < 4.78 is 32.7. The summed E-state index contributed by atoms with van der Waals surface area (Å²) in [6.07, 6.45) is 1.54. The lowest BCUT2D eigenvalue weighted by Gasteiger charge is -2.32. The normalized spacial score (nSPS) is 16.5. The number of rotatable bonds is 5. The fourth-order valence-electron chi connectivity index (χ4n) is 2.87. The van der Waals surface area contributed by atoms with Crippen molar-refractivity contribution in [3.05, 3.63) is 53.5 Å². The molecule has 26 heavy (non-hydrogen) atoms. The second-order valence-electron chi connectivity index (χ2n) is 6.45. The summed E-state index contributed by atoms with van der Waals surface area (Å²) in [6, 6.07) is 8.27. The Kier molecular flexibility index (Phi) is 5.45. The third kappa shape index (κ3) is 3.98. The topological polar surface area (TPSA) is 82.9 Å². The molecule has 1 N–H and O–H groups in total. The van der Waals surface area contributed by atoms with Crippen LogP contribution in [0.2, 0.25) is 0 Å². The highest BCUT2D eigenvalue weighted by Crippen LogP contribution is 2.22. The van der Waals surface area contributed by atoms with E-state index in [0.717, 1.165) is 0 Å². The van der Waals surface area contributed by atoms with Gasteiger partial charge in [0.05, 0.1) is 17.7 Å². The zero-order valence-electron chi connectivity index (χ0n) is 14.9. The highest BCUT2D eigenvalue weighted by atomic mass is 32.2. The summed E-state index contributed by atoms with van der Waals surface area (Å²) >= 11 is 0. The summed E-state index contributed by atoms with van der Waals surface area (Å²) in [6.45, 7) is 4.29. The molecule has 140 valence electrons. The van der Waals surface area contributed by atoms with Crippen LogP contribution in [0.5, 0.6) is 0 Å². The first-order chi connectivity index (χ1) is 12.4. The second kappa shape index (κ2) is 7.61. The van der Waals surface area contributed by atoms with Crippen molar-refractivity contribution < 1.29 is 17.6 Å². The van der Waals surface area contributed by atoms with Gasteiger partial charge in [-0.05, 0) is 43.8 Å². The van der Waals surface area contributed by atoms with Gasteiger partial charge in [-0.3, -0.25) is 4.79 Å². The molecule has 1 saturated heterocycles. The monoisotopic (exact) mass is 377 g/mol. The van der Waals surface area contributed by atoms with Gasteiger partial charge < -0.3 is 14.6 Å². The maximum atomic E-state index is 13.0. The van der Waals surface area contributed by atoms with E-state index in [9.17, 15) is 13.2 Å². The second-order valence-corrected chi connectivity index (χ2v) is 8.36. The number of furan rings is 1. The van der Waals surface area contributed by atoms with E-state index >= 15 is 0 Å². The molecule has 1 aromatic carbocycles. The molecule has 8 heteroatoms. The van der Waals surface area contributed by atoms with Gasteiger partial charge in [0.2, 0.25) is 10.0 Å². The van der Waals surface area contributed by atoms with Crippen molar-refractivity contribution in [1.29, 1.82) is 0 Å². The first-order valence-electron chi connectivity index (χ1n) is 8.48. The molecule has 0 aliphatic carbocycles. The number of sulfonamides is 1. The van der Waals surface area contributed by atoms with Crippen molar-refractivity contribution in [3.8, 4) is 0 Å². The van der Waals surface area contributed by atoms with Crippen LogP contribution in [0.3, 0.4) is 0 Å². The van der Waals surface area contributed by atoms with Crippen LogP contribution in [-0.4, -0.2) is 56.8 Å². The maximum absolute atomic E-state index is 13.0. The summed E-state index contributed by atoms with van der Waals surface area (Å²) in [5, 5.41) is 2.74. The van der Waals surface area contributed by atoms with Gasteiger partial charge in [-0.2, -0.15) is 4.31 Å². The largest absolute Gasteiger partial charge is 0.467 e. The van der Waals surface area contributed by atoms with Crippen molar-refractivity contribution in [1.82, 2.24) is 14.5 Å². The standard InChI is InChI=1S/C18H23N3O4S/c1-14-5-6-15(18(22)19-13-16-4-3-11-25-16)12-17(14)26(23,24)21-9-7-20(2)8-10-21/h3-6,11-12H,7-10,13H2,1-2H3,(H,19,22). The van der Waals surface area contributed by atoms with E-state index < -0.39 is 10.0 Å². The van der Waals surface area contributed by atoms with Gasteiger partial charge in [-0.1, -0.05) is 6.07 Å². The lowest BCUT2D eigenvalue weighted by atomic mass is 10.1. The maximum Gasteiger partial charge on any atom is 0.251 e. The predicted octanol–water partition coefficient (Wildman–Crippen LogP) is 1.45. The van der Waals surface area contributed by atoms with Gasteiger partial charge in [0, 0.05) is 31.7 Å². The zero-order valence-corrected chi connectivity index (χ0v) is 15.8. The number of carbonyl (C=O) groups is 1. The van der Waals surface area contributed by atoms with Crippen LogP contribution in [0, 0.1) is 6.92 Å². The number of aryl methyl sites for hydroxylation is 1. The molecule has 1 amide bonds. The van der Waals surface area contributed by atoms with E-state index in [-0.39, 0.29) is 17.3 Å². The Bertz CT molecular complexity index is 870. The van der Waals surface area contributed by atoms with Gasteiger partial charge >= 0.3 is 0 Å². The Morgan fingerprint density at radius 1 is 1.19 bits per heavy atom. The molecule has 1 fully saturated rings. The Balaban J connectivity index is 1.79. The van der Waals surface area contributed by atoms with Crippen LogP contribution < -0.4 is 5.32 Å². The van der Waals surface area contributed by atoms with E-state index in [1.165, 1.54) is 16.6 Å². The zero-order chi connectivity index (χ0) is 18.7. The summed E-state index contributed by atoms with van der Waals surface area (Å²) in [7, 11) is -1.65. The van der Waals surface area contributed by atoms with E-state index in [2.05, 4.69) is 10.2 Å². The SMILES string of the molecule is Cc1ccc(C(=O)NCc2ccco2)cc1S(=O)(=O)N1CCN(C)CC1. The van der Waals surface area contributed by atoms with Gasteiger partial charge in [0.25, 0.3) is 5.91 Å². The molecule has 1 aliphatic heterocycles. The molecule has 3 rings (SSSR count). The fourth-order valence-corrected chi connectivity index (χ4v) is 4.54. The quantitative estimate of drug-likeness (QED) is 0.853. The van der Waals surface area contributed by atoms with Gasteiger partial charge in [-0.15, -0.1) is 0 Å². The van der Waals surface area contributed by atoms with Crippen molar-refractivity contribution in [3.63, 3.8) is 0 Å². The Labute approximate surface area is 153 Å². The number of likely N-dealkylation sites (N-methyl/N-ethyl adjacent to an activating group) is 1. The van der Waals surface area contributed by atoms with Crippen LogP contribution in [0.25, 0.3) is 0 Å². The Morgan fingerprint density at radius 3 is 2.58 bits per heavy atom. The van der Waals surface area contributed by atoms with Crippen molar-refractivity contribution in [2.45, 2.75) is 18.4 Å². The number of amides is 1. The first kappa shape index (κ1) is 18.6. The predicted molar refractivity (Wildman–Crippen MR) is 97.3 cm³/mol. The van der Waals surface area contributed by atoms with E-state index in [4.69, 9.17) is 4.42 Å². The van der Waals surface area contributed by atoms with Crippen LogP contribution in [-0.2, 0) is 16.6 Å². The van der Waals surface area contributed by atoms with Gasteiger partial charge in [-0.25, -0.2) is 8.42 Å². The summed E-state index contributed by atoms with van der Waals surface area (Å²) in [5.74, 6) is 0.298. The fraction of sp³-hybridized carbons (Fsp3) is 0.389. The minimum Gasteiger partial charge on any atom is -0.467 e. The number of piperazine rings is 1. The molecule has 2 heterocycles. The number of hydrogen-bond acceptors (Lipinski definition) is 5. The van der Waals surface area contributed by atoms with Crippen LogP contribution in [0.1, 0.15) is 21.7 Å². The molecule has 7 nitrogen and oxygen atoms in total. The molecular formula is C18H23N3O4S. The third-order valence-electron chi connectivity index (χ3n) is 4.53. The smallest absolute Gasteiger partial charge is 0.251 e. The van der Waals surface area contributed by atoms with Gasteiger partial charge in [0.1, 0.15) is 5.76 Å². The molecule has 2 aromatic rings. The van der Waals surface area contributed by atoms with E-state index in [1.807, 2.05) is 7.05 Å². The minimum absolute atomic E-state index is 0.188. The number of benzene rings is 1. The molecule has 0 spiro atoms. The number of nitrogens with one attached hydrogen (secondary N) is 1. The number of nitrogens with zero attached hydrogens (tertiary/aromatic N) is 2. The van der Waals surface area contributed by atoms with E-state index in [1.54, 1.807) is 31.2 Å². The average Bonchev–Trinajstić information content (AvgIpc) is 3.14. The average molecular weight is 377 g/mol. The van der Waals surface area contributed by atoms with Crippen molar-refractivity contribution in [2.75, 3.05) is 33.2 Å². The summed E-state index contributed by atoms with van der Waals surface area (Å²) in [5.41, 5.74) is 0.946. The third-order valence-corrected chi connectivity index (χ3v) is 6.57. The van der Waals surface area contributed by atoms with Crippen molar-refractivity contribution in [2.24, 2.45) is 0 Å². The molecule has 1 aromatic heterocycles. The molecule has 0 saturated carbocycles. The Morgan fingerprint density at radius 2 is 1.92 bits per heavy atom. The number of hydrogen-bond donors (Lipinski definition) is 1. The molecule has 0 atom stereocenters. The molecule has 0 unspecified atom stereocenters. The highest BCUT2D eigenvalue weighted by Gasteiger charge is 2.29. The molecule has 1 aliphatic rings. The lowest BCUT2D eigenvalue weighted by molar-refractivity contribution is 0.0948. The number of carbonyl (C=O) groups excluding carboxylic acids is 1. The molecular weight excluding hydrogens is 354 g/mol. The van der Waals surface area contributed by atoms with Crippen molar-refractivity contribution >= 4 is 15.9 Å². The van der Waals surface area contributed by atoms with E-state index in [0.29, 0.717) is 43.1 Å². The molecule has 0 radical (unpaired) electrons. The Hall–Kier alpha value is -2.16. The van der Waals surface area contributed by atoms with Crippen LogP contribution in [0.15, 0.2) is 45.9 Å².